The molecule has 1 aromatic carbocycles. The molecule has 1 atom stereocenters. The first-order chi connectivity index (χ1) is 15.3. The number of hydrogen-bond donors (Lipinski definition) is 2. The van der Waals surface area contributed by atoms with Gasteiger partial charge in [-0.1, -0.05) is 32.0 Å². The number of piperidine rings is 1. The second-order valence-corrected chi connectivity index (χ2v) is 9.31. The Labute approximate surface area is 192 Å². The van der Waals surface area contributed by atoms with Gasteiger partial charge >= 0.3 is 6.03 Å². The van der Waals surface area contributed by atoms with Gasteiger partial charge in [-0.05, 0) is 63.0 Å². The Bertz CT molecular complexity index is 912. The van der Waals surface area contributed by atoms with Gasteiger partial charge in [-0.3, -0.25) is 19.6 Å². The first-order valence-corrected chi connectivity index (χ1v) is 12.0. The lowest BCUT2D eigenvalue weighted by Gasteiger charge is -2.31. The maximum absolute atomic E-state index is 13.5. The second-order valence-electron chi connectivity index (χ2n) is 8.37. The number of carbonyl (C=O) groups is 2. The van der Waals surface area contributed by atoms with Gasteiger partial charge in [-0.25, -0.2) is 9.18 Å². The summed E-state index contributed by atoms with van der Waals surface area (Å²) in [5.41, 5.74) is 0.729. The van der Waals surface area contributed by atoms with Gasteiger partial charge in [-0.15, -0.1) is 10.2 Å². The number of benzene rings is 1. The summed E-state index contributed by atoms with van der Waals surface area (Å²) in [5.74, 6) is 0.298. The molecule has 174 valence electrons. The van der Waals surface area contributed by atoms with Crippen molar-refractivity contribution in [1.82, 2.24) is 30.3 Å². The van der Waals surface area contributed by atoms with Crippen LogP contribution in [0.3, 0.4) is 0 Å². The molecule has 3 rings (SSSR count). The summed E-state index contributed by atoms with van der Waals surface area (Å²) in [7, 11) is 0. The lowest BCUT2D eigenvalue weighted by molar-refractivity contribution is -0.117. The van der Waals surface area contributed by atoms with Crippen LogP contribution in [0.1, 0.15) is 51.9 Å². The SMILES string of the molecule is CC(C)CNC(=O)NC(=O)CSc1nnc([C@@H](C)N2CCCCC2)n1-c1ccc(F)cc1. The Balaban J connectivity index is 1.75. The Morgan fingerprint density at radius 2 is 1.78 bits per heavy atom. The maximum atomic E-state index is 13.5. The number of amides is 3. The number of rotatable bonds is 8. The normalized spacial score (nSPS) is 15.5. The molecule has 8 nitrogen and oxygen atoms in total. The Morgan fingerprint density at radius 3 is 2.44 bits per heavy atom. The summed E-state index contributed by atoms with van der Waals surface area (Å²) in [6, 6.07) is 5.65. The number of carbonyl (C=O) groups excluding carboxylic acids is 2. The van der Waals surface area contributed by atoms with Gasteiger partial charge in [0.15, 0.2) is 11.0 Å². The number of likely N-dealkylation sites (tertiary alicyclic amines) is 1. The van der Waals surface area contributed by atoms with Crippen LogP contribution in [-0.4, -0.2) is 57.0 Å². The van der Waals surface area contributed by atoms with E-state index in [0.29, 0.717) is 17.6 Å². The fourth-order valence-electron chi connectivity index (χ4n) is 3.58. The van der Waals surface area contributed by atoms with E-state index in [4.69, 9.17) is 0 Å². The van der Waals surface area contributed by atoms with Gasteiger partial charge in [0, 0.05) is 12.2 Å². The lowest BCUT2D eigenvalue weighted by atomic mass is 10.1. The van der Waals surface area contributed by atoms with Crippen molar-refractivity contribution in [2.45, 2.75) is 51.2 Å². The van der Waals surface area contributed by atoms with Crippen molar-refractivity contribution in [3.8, 4) is 5.69 Å². The van der Waals surface area contributed by atoms with Gasteiger partial charge in [0.25, 0.3) is 0 Å². The fraction of sp³-hybridized carbons (Fsp3) is 0.545. The van der Waals surface area contributed by atoms with Crippen LogP contribution in [-0.2, 0) is 4.79 Å². The predicted octanol–water partition coefficient (Wildman–Crippen LogP) is 3.53. The molecule has 32 heavy (non-hydrogen) atoms. The number of thioether (sulfide) groups is 1. The average Bonchev–Trinajstić information content (AvgIpc) is 3.21. The van der Waals surface area contributed by atoms with Crippen molar-refractivity contribution < 1.29 is 14.0 Å². The van der Waals surface area contributed by atoms with Crippen molar-refractivity contribution in [3.63, 3.8) is 0 Å². The lowest BCUT2D eigenvalue weighted by Crippen LogP contribution is -2.41. The topological polar surface area (TPSA) is 92.2 Å². The zero-order chi connectivity index (χ0) is 23.1. The quantitative estimate of drug-likeness (QED) is 0.583. The summed E-state index contributed by atoms with van der Waals surface area (Å²) in [5, 5.41) is 14.2. The van der Waals surface area contributed by atoms with Crippen LogP contribution in [0.4, 0.5) is 9.18 Å². The average molecular weight is 463 g/mol. The summed E-state index contributed by atoms with van der Waals surface area (Å²) in [6.45, 7) is 8.52. The van der Waals surface area contributed by atoms with E-state index in [1.165, 1.54) is 30.3 Å². The summed E-state index contributed by atoms with van der Waals surface area (Å²) in [4.78, 5) is 26.4. The Kier molecular flexibility index (Phi) is 8.63. The standard InChI is InChI=1S/C22H31FN6O2S/c1-15(2)13-24-21(31)25-19(30)14-32-22-27-26-20(16(3)28-11-5-4-6-12-28)29(22)18-9-7-17(23)8-10-18/h7-10,15-16H,4-6,11-14H2,1-3H3,(H2,24,25,30,31)/t16-/m1/s1. The van der Waals surface area contributed by atoms with Crippen molar-refractivity contribution in [3.05, 3.63) is 35.9 Å². The highest BCUT2D eigenvalue weighted by Crippen LogP contribution is 2.29. The monoisotopic (exact) mass is 462 g/mol. The Hall–Kier alpha value is -2.46. The van der Waals surface area contributed by atoms with E-state index >= 15 is 0 Å². The van der Waals surface area contributed by atoms with Crippen LogP contribution in [0.5, 0.6) is 0 Å². The summed E-state index contributed by atoms with van der Waals surface area (Å²) < 4.78 is 15.4. The van der Waals surface area contributed by atoms with E-state index in [-0.39, 0.29) is 17.6 Å². The van der Waals surface area contributed by atoms with Crippen LogP contribution in [0.2, 0.25) is 0 Å². The maximum Gasteiger partial charge on any atom is 0.321 e. The highest BCUT2D eigenvalue weighted by atomic mass is 32.2. The van der Waals surface area contributed by atoms with Gasteiger partial charge in [0.1, 0.15) is 5.82 Å². The van der Waals surface area contributed by atoms with Crippen LogP contribution < -0.4 is 10.6 Å². The van der Waals surface area contributed by atoms with E-state index < -0.39 is 11.9 Å². The van der Waals surface area contributed by atoms with Crippen molar-refractivity contribution in [2.75, 3.05) is 25.4 Å². The number of urea groups is 1. The molecule has 1 aliphatic rings. The van der Waals surface area contributed by atoms with Crippen molar-refractivity contribution >= 4 is 23.7 Å². The number of imide groups is 1. The minimum Gasteiger partial charge on any atom is -0.338 e. The summed E-state index contributed by atoms with van der Waals surface area (Å²) in [6.07, 6.45) is 3.53. The van der Waals surface area contributed by atoms with E-state index in [1.54, 1.807) is 12.1 Å². The molecule has 0 aliphatic carbocycles. The molecule has 1 fully saturated rings. The molecular formula is C22H31FN6O2S. The van der Waals surface area contributed by atoms with Crippen LogP contribution in [0.15, 0.2) is 29.4 Å². The van der Waals surface area contributed by atoms with Crippen LogP contribution in [0, 0.1) is 11.7 Å². The number of halogens is 1. The zero-order valence-corrected chi connectivity index (χ0v) is 19.6. The van der Waals surface area contributed by atoms with Gasteiger partial charge in [0.05, 0.1) is 11.8 Å². The smallest absolute Gasteiger partial charge is 0.321 e. The molecule has 2 heterocycles. The molecule has 1 saturated heterocycles. The largest absolute Gasteiger partial charge is 0.338 e. The highest BCUT2D eigenvalue weighted by Gasteiger charge is 2.26. The zero-order valence-electron chi connectivity index (χ0n) is 18.8. The van der Waals surface area contributed by atoms with E-state index in [2.05, 4.69) is 32.7 Å². The predicted molar refractivity (Wildman–Crippen MR) is 122 cm³/mol. The molecule has 3 amide bonds. The molecule has 0 saturated carbocycles. The minimum absolute atomic E-state index is 0.00647. The van der Waals surface area contributed by atoms with Gasteiger partial charge < -0.3 is 5.32 Å². The first-order valence-electron chi connectivity index (χ1n) is 11.0. The molecule has 1 aromatic heterocycles. The summed E-state index contributed by atoms with van der Waals surface area (Å²) >= 11 is 1.19. The van der Waals surface area contributed by atoms with E-state index in [0.717, 1.165) is 37.4 Å². The molecule has 0 spiro atoms. The van der Waals surface area contributed by atoms with E-state index in [9.17, 15) is 14.0 Å². The third-order valence-electron chi connectivity index (χ3n) is 5.31. The van der Waals surface area contributed by atoms with Crippen molar-refractivity contribution in [2.24, 2.45) is 5.92 Å². The minimum atomic E-state index is -0.510. The van der Waals surface area contributed by atoms with Crippen molar-refractivity contribution in [1.29, 1.82) is 0 Å². The highest BCUT2D eigenvalue weighted by molar-refractivity contribution is 7.99. The third kappa shape index (κ3) is 6.52. The van der Waals surface area contributed by atoms with Gasteiger partial charge in [0.2, 0.25) is 5.91 Å². The number of nitrogens with one attached hydrogen (secondary N) is 2. The molecule has 0 radical (unpaired) electrons. The third-order valence-corrected chi connectivity index (χ3v) is 6.24. The molecule has 2 N–H and O–H groups in total. The molecule has 10 heteroatoms. The molecular weight excluding hydrogens is 431 g/mol. The van der Waals surface area contributed by atoms with E-state index in [1.807, 2.05) is 18.4 Å². The number of aromatic nitrogens is 3. The second kappa shape index (κ2) is 11.4. The Morgan fingerprint density at radius 1 is 1.09 bits per heavy atom. The fourth-order valence-corrected chi connectivity index (χ4v) is 4.34. The number of nitrogens with zero attached hydrogens (tertiary/aromatic N) is 4. The van der Waals surface area contributed by atoms with Crippen LogP contribution in [0.25, 0.3) is 5.69 Å². The number of hydrogen-bond acceptors (Lipinski definition) is 6. The molecule has 2 aromatic rings. The molecule has 0 bridgehead atoms. The molecule has 0 unspecified atom stereocenters. The van der Waals surface area contributed by atoms with Crippen LogP contribution >= 0.6 is 11.8 Å². The molecule has 1 aliphatic heterocycles. The first kappa shape index (κ1) is 24.2. The van der Waals surface area contributed by atoms with Gasteiger partial charge in [-0.2, -0.15) is 0 Å².